The molecule has 1 aromatic carbocycles. The number of carbonyl (C=O) groups excluding carboxylic acids is 1. The summed E-state index contributed by atoms with van der Waals surface area (Å²) in [5.74, 6) is -0.406. The fraction of sp³-hybridized carbons (Fsp3) is 0.500. The number of rotatable bonds is 4. The molecular formula is C14H20N2O2. The summed E-state index contributed by atoms with van der Waals surface area (Å²) >= 11 is 0. The molecule has 2 unspecified atom stereocenters. The van der Waals surface area contributed by atoms with Crippen molar-refractivity contribution in [1.29, 1.82) is 0 Å². The monoisotopic (exact) mass is 248 g/mol. The van der Waals surface area contributed by atoms with Crippen molar-refractivity contribution in [2.75, 3.05) is 0 Å². The molecule has 2 rings (SSSR count). The highest BCUT2D eigenvalue weighted by molar-refractivity contribution is 5.94. The Morgan fingerprint density at radius 1 is 1.33 bits per heavy atom. The van der Waals surface area contributed by atoms with E-state index < -0.39 is 5.91 Å². The number of aliphatic hydroxyl groups excluding tert-OH is 1. The molecular weight excluding hydrogens is 228 g/mol. The Bertz CT molecular complexity index is 420. The van der Waals surface area contributed by atoms with Crippen molar-refractivity contribution in [3.05, 3.63) is 35.4 Å². The third kappa shape index (κ3) is 3.09. The molecule has 4 N–H and O–H groups in total. The Kier molecular flexibility index (Phi) is 4.33. The van der Waals surface area contributed by atoms with Crippen LogP contribution in [0.5, 0.6) is 0 Å². The van der Waals surface area contributed by atoms with Crippen LogP contribution in [-0.4, -0.2) is 23.2 Å². The minimum Gasteiger partial charge on any atom is -0.392 e. The highest BCUT2D eigenvalue weighted by atomic mass is 16.3. The molecule has 1 fully saturated rings. The molecule has 0 spiro atoms. The number of primary amides is 1. The summed E-state index contributed by atoms with van der Waals surface area (Å²) in [5, 5.41) is 13.2. The standard InChI is InChI=1S/C14H20N2O2/c15-14(18)11-6-2-1-5-10(11)9-16-12-7-3-4-8-13(12)17/h1-2,5-6,12-13,16-17H,3-4,7-9H2,(H2,15,18). The molecule has 4 heteroatoms. The van der Waals surface area contributed by atoms with Crippen LogP contribution in [0.2, 0.25) is 0 Å². The first-order valence-electron chi connectivity index (χ1n) is 6.47. The quantitative estimate of drug-likeness (QED) is 0.749. The van der Waals surface area contributed by atoms with Crippen LogP contribution in [0.25, 0.3) is 0 Å². The van der Waals surface area contributed by atoms with Gasteiger partial charge in [0.25, 0.3) is 0 Å². The summed E-state index contributed by atoms with van der Waals surface area (Å²) in [4.78, 5) is 11.3. The van der Waals surface area contributed by atoms with Crippen LogP contribution < -0.4 is 11.1 Å². The van der Waals surface area contributed by atoms with Crippen molar-refractivity contribution in [3.8, 4) is 0 Å². The molecule has 18 heavy (non-hydrogen) atoms. The minimum absolute atomic E-state index is 0.125. The topological polar surface area (TPSA) is 75.4 Å². The van der Waals surface area contributed by atoms with Crippen LogP contribution in [0.4, 0.5) is 0 Å². The van der Waals surface area contributed by atoms with Crippen molar-refractivity contribution in [2.45, 2.75) is 44.4 Å². The zero-order valence-corrected chi connectivity index (χ0v) is 10.4. The average Bonchev–Trinajstić information content (AvgIpc) is 2.38. The number of hydrogen-bond acceptors (Lipinski definition) is 3. The normalized spacial score (nSPS) is 23.8. The van der Waals surface area contributed by atoms with Gasteiger partial charge in [0.05, 0.1) is 6.10 Å². The average molecular weight is 248 g/mol. The lowest BCUT2D eigenvalue weighted by atomic mass is 9.92. The van der Waals surface area contributed by atoms with E-state index in [4.69, 9.17) is 5.73 Å². The van der Waals surface area contributed by atoms with Crippen molar-refractivity contribution in [1.82, 2.24) is 5.32 Å². The summed E-state index contributed by atoms with van der Waals surface area (Å²) in [6, 6.07) is 7.44. The second kappa shape index (κ2) is 5.98. The SMILES string of the molecule is NC(=O)c1ccccc1CNC1CCCCC1O. The van der Waals surface area contributed by atoms with E-state index in [0.29, 0.717) is 12.1 Å². The molecule has 0 aromatic heterocycles. The Hall–Kier alpha value is -1.39. The zero-order chi connectivity index (χ0) is 13.0. The maximum Gasteiger partial charge on any atom is 0.249 e. The van der Waals surface area contributed by atoms with Gasteiger partial charge < -0.3 is 16.2 Å². The first kappa shape index (κ1) is 13.1. The smallest absolute Gasteiger partial charge is 0.249 e. The molecule has 0 bridgehead atoms. The first-order valence-corrected chi connectivity index (χ1v) is 6.47. The number of hydrogen-bond donors (Lipinski definition) is 3. The Labute approximate surface area is 107 Å². The third-order valence-corrected chi connectivity index (χ3v) is 3.57. The molecule has 0 aliphatic heterocycles. The largest absolute Gasteiger partial charge is 0.392 e. The zero-order valence-electron chi connectivity index (χ0n) is 10.4. The van der Waals surface area contributed by atoms with Crippen LogP contribution in [-0.2, 0) is 6.54 Å². The van der Waals surface area contributed by atoms with Gasteiger partial charge >= 0.3 is 0 Å². The van der Waals surface area contributed by atoms with E-state index in [1.165, 1.54) is 0 Å². The second-order valence-electron chi connectivity index (χ2n) is 4.86. The Morgan fingerprint density at radius 3 is 2.78 bits per heavy atom. The van der Waals surface area contributed by atoms with Gasteiger partial charge in [-0.1, -0.05) is 31.0 Å². The second-order valence-corrected chi connectivity index (χ2v) is 4.86. The molecule has 0 saturated heterocycles. The Morgan fingerprint density at radius 2 is 2.06 bits per heavy atom. The molecule has 1 aliphatic rings. The lowest BCUT2D eigenvalue weighted by Gasteiger charge is -2.28. The van der Waals surface area contributed by atoms with E-state index in [1.807, 2.05) is 12.1 Å². The summed E-state index contributed by atoms with van der Waals surface area (Å²) < 4.78 is 0. The van der Waals surface area contributed by atoms with Gasteiger partial charge in [0.1, 0.15) is 0 Å². The van der Waals surface area contributed by atoms with Crippen LogP contribution >= 0.6 is 0 Å². The summed E-state index contributed by atoms with van der Waals surface area (Å²) in [7, 11) is 0. The number of aliphatic hydroxyl groups is 1. The number of benzene rings is 1. The molecule has 1 saturated carbocycles. The van der Waals surface area contributed by atoms with Crippen molar-refractivity contribution in [2.24, 2.45) is 5.73 Å². The van der Waals surface area contributed by atoms with E-state index in [1.54, 1.807) is 12.1 Å². The van der Waals surface area contributed by atoms with E-state index >= 15 is 0 Å². The molecule has 1 aliphatic carbocycles. The molecule has 4 nitrogen and oxygen atoms in total. The maximum atomic E-state index is 11.3. The van der Waals surface area contributed by atoms with Crippen LogP contribution in [0.3, 0.4) is 0 Å². The minimum atomic E-state index is -0.406. The fourth-order valence-corrected chi connectivity index (χ4v) is 2.51. The van der Waals surface area contributed by atoms with Crippen molar-refractivity contribution < 1.29 is 9.90 Å². The molecule has 2 atom stereocenters. The predicted octanol–water partition coefficient (Wildman–Crippen LogP) is 1.18. The molecule has 0 heterocycles. The van der Waals surface area contributed by atoms with Crippen molar-refractivity contribution >= 4 is 5.91 Å². The van der Waals surface area contributed by atoms with Crippen LogP contribution in [0.15, 0.2) is 24.3 Å². The van der Waals surface area contributed by atoms with Crippen LogP contribution in [0, 0.1) is 0 Å². The number of carbonyl (C=O) groups is 1. The van der Waals surface area contributed by atoms with Gasteiger partial charge in [0.15, 0.2) is 0 Å². The van der Waals surface area contributed by atoms with Gasteiger partial charge in [-0.15, -0.1) is 0 Å². The molecule has 1 amide bonds. The highest BCUT2D eigenvalue weighted by Gasteiger charge is 2.22. The fourth-order valence-electron chi connectivity index (χ4n) is 2.51. The summed E-state index contributed by atoms with van der Waals surface area (Å²) in [6.45, 7) is 0.570. The van der Waals surface area contributed by atoms with Gasteiger partial charge in [-0.3, -0.25) is 4.79 Å². The predicted molar refractivity (Wildman–Crippen MR) is 70.1 cm³/mol. The number of amides is 1. The molecule has 1 aromatic rings. The Balaban J connectivity index is 1.99. The molecule has 98 valence electrons. The van der Waals surface area contributed by atoms with E-state index in [0.717, 1.165) is 31.2 Å². The summed E-state index contributed by atoms with van der Waals surface area (Å²) in [6.07, 6.45) is 3.80. The van der Waals surface area contributed by atoms with E-state index in [-0.39, 0.29) is 12.1 Å². The lowest BCUT2D eigenvalue weighted by molar-refractivity contribution is 0.0901. The molecule has 0 radical (unpaired) electrons. The van der Waals surface area contributed by atoms with Crippen LogP contribution in [0.1, 0.15) is 41.6 Å². The van der Waals surface area contributed by atoms with Gasteiger partial charge in [-0.25, -0.2) is 0 Å². The first-order chi connectivity index (χ1) is 8.68. The maximum absolute atomic E-state index is 11.3. The van der Waals surface area contributed by atoms with Gasteiger partial charge in [0, 0.05) is 18.2 Å². The number of nitrogens with two attached hydrogens (primary N) is 1. The summed E-state index contributed by atoms with van der Waals surface area (Å²) in [5.41, 5.74) is 6.78. The highest BCUT2D eigenvalue weighted by Crippen LogP contribution is 2.19. The van der Waals surface area contributed by atoms with Gasteiger partial charge in [-0.2, -0.15) is 0 Å². The number of nitrogens with one attached hydrogen (secondary N) is 1. The third-order valence-electron chi connectivity index (χ3n) is 3.57. The van der Waals surface area contributed by atoms with Gasteiger partial charge in [0.2, 0.25) is 5.91 Å². The lowest BCUT2D eigenvalue weighted by Crippen LogP contribution is -2.41. The van der Waals surface area contributed by atoms with E-state index in [9.17, 15) is 9.90 Å². The van der Waals surface area contributed by atoms with Gasteiger partial charge in [-0.05, 0) is 24.5 Å². The van der Waals surface area contributed by atoms with E-state index in [2.05, 4.69) is 5.32 Å². The van der Waals surface area contributed by atoms with Crippen molar-refractivity contribution in [3.63, 3.8) is 0 Å².